The van der Waals surface area contributed by atoms with E-state index in [4.69, 9.17) is 0 Å². The molecule has 0 unspecified atom stereocenters. The van der Waals surface area contributed by atoms with E-state index in [1.807, 2.05) is 12.4 Å². The molecule has 1 N–H and O–H groups in total. The van der Waals surface area contributed by atoms with Crippen molar-refractivity contribution >= 4 is 21.6 Å². The van der Waals surface area contributed by atoms with E-state index in [2.05, 4.69) is 34.6 Å². The summed E-state index contributed by atoms with van der Waals surface area (Å²) in [5, 5.41) is 6.05. The third kappa shape index (κ3) is 3.01. The lowest BCUT2D eigenvalue weighted by atomic mass is 10.1. The second-order valence-corrected chi connectivity index (χ2v) is 6.71. The fraction of sp³-hybridized carbons (Fsp3) is 0.400. The van der Waals surface area contributed by atoms with Crippen molar-refractivity contribution in [2.45, 2.75) is 25.4 Å². The van der Waals surface area contributed by atoms with E-state index in [1.54, 1.807) is 0 Å². The number of hydrogen-bond acceptors (Lipinski definition) is 3. The molecule has 3 nitrogen and oxygen atoms in total. The van der Waals surface area contributed by atoms with E-state index in [-0.39, 0.29) is 0 Å². The zero-order valence-corrected chi connectivity index (χ0v) is 11.7. The minimum Gasteiger partial charge on any atom is -0.310 e. The summed E-state index contributed by atoms with van der Waals surface area (Å²) in [5.41, 5.74) is 1.31. The maximum atomic E-state index is 11.3. The molecule has 3 rings (SSSR count). The number of benzene rings is 1. The minimum absolute atomic E-state index is 0.509. The van der Waals surface area contributed by atoms with Gasteiger partial charge in [-0.1, -0.05) is 18.2 Å². The fourth-order valence-electron chi connectivity index (χ4n) is 2.60. The van der Waals surface area contributed by atoms with E-state index >= 15 is 0 Å². The Morgan fingerprint density at radius 1 is 1.26 bits per heavy atom. The molecule has 0 bridgehead atoms. The van der Waals surface area contributed by atoms with E-state index in [9.17, 15) is 4.21 Å². The summed E-state index contributed by atoms with van der Waals surface area (Å²) < 4.78 is 11.3. The van der Waals surface area contributed by atoms with Crippen LogP contribution in [0.1, 0.15) is 18.4 Å². The first-order valence-corrected chi connectivity index (χ1v) is 8.22. The summed E-state index contributed by atoms with van der Waals surface area (Å²) in [7, 11) is -0.579. The van der Waals surface area contributed by atoms with Gasteiger partial charge in [-0.15, -0.1) is 0 Å². The van der Waals surface area contributed by atoms with Crippen LogP contribution in [0, 0.1) is 0 Å². The Kier molecular flexibility index (Phi) is 3.89. The number of nitrogens with one attached hydrogen (secondary N) is 1. The lowest BCUT2D eigenvalue weighted by Gasteiger charge is -2.23. The second kappa shape index (κ2) is 5.80. The van der Waals surface area contributed by atoms with E-state index in [0.29, 0.717) is 6.04 Å². The largest absolute Gasteiger partial charge is 0.310 e. The molecule has 100 valence electrons. The van der Waals surface area contributed by atoms with Crippen LogP contribution in [-0.2, 0) is 17.3 Å². The van der Waals surface area contributed by atoms with Gasteiger partial charge in [0.2, 0.25) is 0 Å². The third-order valence-corrected chi connectivity index (χ3v) is 5.12. The first kappa shape index (κ1) is 12.8. The standard InChI is InChI=1S/C15H18N2OS/c18-19-8-5-14(6-9-19)17-11-13-3-1-2-12-10-16-7-4-15(12)13/h1-4,7,10,14,17H,5-6,8-9,11H2. The zero-order valence-electron chi connectivity index (χ0n) is 10.8. The van der Waals surface area contributed by atoms with Crippen LogP contribution >= 0.6 is 0 Å². The molecule has 2 heterocycles. The van der Waals surface area contributed by atoms with Gasteiger partial charge in [0.15, 0.2) is 0 Å². The van der Waals surface area contributed by atoms with Gasteiger partial charge in [-0.2, -0.15) is 0 Å². The molecule has 1 aromatic heterocycles. The molecule has 0 saturated carbocycles. The maximum Gasteiger partial charge on any atom is 0.0346 e. The molecule has 1 aliphatic heterocycles. The zero-order chi connectivity index (χ0) is 13.1. The van der Waals surface area contributed by atoms with Gasteiger partial charge in [0.1, 0.15) is 0 Å². The van der Waals surface area contributed by atoms with Gasteiger partial charge in [0.25, 0.3) is 0 Å². The quantitative estimate of drug-likeness (QED) is 0.933. The molecule has 1 aromatic carbocycles. The Morgan fingerprint density at radius 2 is 2.11 bits per heavy atom. The summed E-state index contributed by atoms with van der Waals surface area (Å²) in [6, 6.07) is 8.92. The van der Waals surface area contributed by atoms with Crippen molar-refractivity contribution < 1.29 is 4.21 Å². The van der Waals surface area contributed by atoms with Crippen LogP contribution in [-0.4, -0.2) is 26.7 Å². The molecule has 0 aliphatic carbocycles. The van der Waals surface area contributed by atoms with Gasteiger partial charge in [0, 0.05) is 52.7 Å². The lowest BCUT2D eigenvalue weighted by Crippen LogP contribution is -2.35. The first-order valence-electron chi connectivity index (χ1n) is 6.73. The predicted octanol–water partition coefficient (Wildman–Crippen LogP) is 2.24. The van der Waals surface area contributed by atoms with Crippen LogP contribution in [0.2, 0.25) is 0 Å². The van der Waals surface area contributed by atoms with Gasteiger partial charge < -0.3 is 5.32 Å². The van der Waals surface area contributed by atoms with Crippen LogP contribution < -0.4 is 5.32 Å². The summed E-state index contributed by atoms with van der Waals surface area (Å²) in [4.78, 5) is 4.16. The highest BCUT2D eigenvalue weighted by Gasteiger charge is 2.17. The number of pyridine rings is 1. The van der Waals surface area contributed by atoms with Crippen molar-refractivity contribution in [1.82, 2.24) is 10.3 Å². The molecular weight excluding hydrogens is 256 g/mol. The van der Waals surface area contributed by atoms with Crippen molar-refractivity contribution in [2.75, 3.05) is 11.5 Å². The van der Waals surface area contributed by atoms with Crippen molar-refractivity contribution in [3.63, 3.8) is 0 Å². The van der Waals surface area contributed by atoms with Crippen LogP contribution in [0.25, 0.3) is 10.8 Å². The molecule has 19 heavy (non-hydrogen) atoms. The van der Waals surface area contributed by atoms with E-state index in [0.717, 1.165) is 30.9 Å². The van der Waals surface area contributed by atoms with Crippen LogP contribution in [0.15, 0.2) is 36.7 Å². The Balaban J connectivity index is 1.70. The Labute approximate surface area is 115 Å². The third-order valence-electron chi connectivity index (χ3n) is 3.74. The van der Waals surface area contributed by atoms with Crippen LogP contribution in [0.3, 0.4) is 0 Å². The molecule has 0 spiro atoms. The molecule has 0 atom stereocenters. The lowest BCUT2D eigenvalue weighted by molar-refractivity contribution is 0.476. The van der Waals surface area contributed by atoms with Crippen LogP contribution in [0.5, 0.6) is 0 Å². The van der Waals surface area contributed by atoms with Gasteiger partial charge in [0.05, 0.1) is 0 Å². The second-order valence-electron chi connectivity index (χ2n) is 5.02. The summed E-state index contributed by atoms with van der Waals surface area (Å²) in [6.45, 7) is 0.874. The van der Waals surface area contributed by atoms with E-state index < -0.39 is 10.8 Å². The highest BCUT2D eigenvalue weighted by atomic mass is 32.2. The number of hydrogen-bond donors (Lipinski definition) is 1. The van der Waals surface area contributed by atoms with Gasteiger partial charge >= 0.3 is 0 Å². The number of rotatable bonds is 3. The molecular formula is C15H18N2OS. The SMILES string of the molecule is O=S1CCC(NCc2cccc3cnccc23)CC1. The highest BCUT2D eigenvalue weighted by molar-refractivity contribution is 7.85. The van der Waals surface area contributed by atoms with Crippen molar-refractivity contribution in [2.24, 2.45) is 0 Å². The van der Waals surface area contributed by atoms with Gasteiger partial charge in [-0.3, -0.25) is 9.19 Å². The van der Waals surface area contributed by atoms with Gasteiger partial charge in [-0.25, -0.2) is 0 Å². The predicted molar refractivity (Wildman–Crippen MR) is 79.5 cm³/mol. The van der Waals surface area contributed by atoms with Gasteiger partial charge in [-0.05, 0) is 29.9 Å². The Hall–Kier alpha value is -1.26. The molecule has 0 amide bonds. The number of aromatic nitrogens is 1. The van der Waals surface area contributed by atoms with Crippen molar-refractivity contribution in [3.05, 3.63) is 42.2 Å². The summed E-state index contributed by atoms with van der Waals surface area (Å²) in [5.74, 6) is 1.69. The maximum absolute atomic E-state index is 11.3. The number of fused-ring (bicyclic) bond motifs is 1. The monoisotopic (exact) mass is 274 g/mol. The number of nitrogens with zero attached hydrogens (tertiary/aromatic N) is 1. The Morgan fingerprint density at radius 3 is 2.95 bits per heavy atom. The smallest absolute Gasteiger partial charge is 0.0346 e. The summed E-state index contributed by atoms with van der Waals surface area (Å²) in [6.07, 6.45) is 5.80. The molecule has 2 aromatic rings. The summed E-state index contributed by atoms with van der Waals surface area (Å²) >= 11 is 0. The molecule has 4 heteroatoms. The minimum atomic E-state index is -0.579. The fourth-order valence-corrected chi connectivity index (χ4v) is 3.89. The Bertz CT molecular complexity index is 584. The van der Waals surface area contributed by atoms with E-state index in [1.165, 1.54) is 16.3 Å². The molecule has 1 aliphatic rings. The van der Waals surface area contributed by atoms with Crippen molar-refractivity contribution in [3.8, 4) is 0 Å². The molecule has 1 saturated heterocycles. The van der Waals surface area contributed by atoms with Crippen molar-refractivity contribution in [1.29, 1.82) is 0 Å². The average Bonchev–Trinajstić information content (AvgIpc) is 2.47. The van der Waals surface area contributed by atoms with Crippen LogP contribution in [0.4, 0.5) is 0 Å². The molecule has 1 fully saturated rings. The highest BCUT2D eigenvalue weighted by Crippen LogP contribution is 2.18. The molecule has 0 radical (unpaired) electrons. The topological polar surface area (TPSA) is 42.0 Å². The normalized spacial score (nSPS) is 23.6. The first-order chi connectivity index (χ1) is 9.33. The average molecular weight is 274 g/mol.